The van der Waals surface area contributed by atoms with Crippen molar-refractivity contribution in [3.8, 4) is 0 Å². The fourth-order valence-corrected chi connectivity index (χ4v) is 1.23. The molecular weight excluding hydrogens is 220 g/mol. The van der Waals surface area contributed by atoms with Crippen LogP contribution in [-0.4, -0.2) is 51.7 Å². The standard InChI is InChI=1S/C12H28N2O3/c1-11(16-7-3-5-13)9-15-10-12(2)17-8-4-6-14/h11-12H,3-10,13-14H2,1-2H3. The first-order valence-electron chi connectivity index (χ1n) is 6.41. The molecule has 0 aromatic heterocycles. The second-order valence-corrected chi connectivity index (χ2v) is 4.18. The van der Waals surface area contributed by atoms with Gasteiger partial charge < -0.3 is 25.7 Å². The van der Waals surface area contributed by atoms with Gasteiger partial charge in [0.1, 0.15) is 0 Å². The van der Waals surface area contributed by atoms with Gasteiger partial charge in [-0.25, -0.2) is 0 Å². The Bertz CT molecular complexity index is 143. The van der Waals surface area contributed by atoms with E-state index in [-0.39, 0.29) is 12.2 Å². The lowest BCUT2D eigenvalue weighted by Gasteiger charge is -2.16. The van der Waals surface area contributed by atoms with E-state index in [1.807, 2.05) is 13.8 Å². The van der Waals surface area contributed by atoms with Crippen LogP contribution in [0, 0.1) is 0 Å². The van der Waals surface area contributed by atoms with E-state index in [9.17, 15) is 0 Å². The molecule has 0 amide bonds. The summed E-state index contributed by atoms with van der Waals surface area (Å²) >= 11 is 0. The molecule has 0 saturated carbocycles. The Labute approximate surface area is 105 Å². The van der Waals surface area contributed by atoms with Gasteiger partial charge in [-0.1, -0.05) is 0 Å². The van der Waals surface area contributed by atoms with Crippen LogP contribution in [0.4, 0.5) is 0 Å². The van der Waals surface area contributed by atoms with Crippen molar-refractivity contribution in [3.63, 3.8) is 0 Å². The SMILES string of the molecule is CC(COCC(C)OCCCN)OCCCN. The molecular formula is C12H28N2O3. The van der Waals surface area contributed by atoms with Gasteiger partial charge in [0, 0.05) is 13.2 Å². The van der Waals surface area contributed by atoms with Crippen LogP contribution in [0.25, 0.3) is 0 Å². The minimum atomic E-state index is 0.109. The molecule has 104 valence electrons. The molecule has 0 aromatic carbocycles. The third kappa shape index (κ3) is 12.1. The van der Waals surface area contributed by atoms with E-state index in [4.69, 9.17) is 25.7 Å². The monoisotopic (exact) mass is 248 g/mol. The Hall–Kier alpha value is -0.200. The maximum atomic E-state index is 5.51. The Morgan fingerprint density at radius 3 is 1.59 bits per heavy atom. The molecule has 0 aliphatic rings. The Kier molecular flexibility index (Phi) is 12.1. The fraction of sp³-hybridized carbons (Fsp3) is 1.00. The van der Waals surface area contributed by atoms with Crippen molar-refractivity contribution < 1.29 is 14.2 Å². The van der Waals surface area contributed by atoms with E-state index in [2.05, 4.69) is 0 Å². The molecule has 0 rings (SSSR count). The molecule has 0 aromatic rings. The first-order valence-corrected chi connectivity index (χ1v) is 6.41. The zero-order chi connectivity index (χ0) is 12.9. The summed E-state index contributed by atoms with van der Waals surface area (Å²) in [6.45, 7) is 7.91. The van der Waals surface area contributed by atoms with Gasteiger partial charge in [-0.3, -0.25) is 0 Å². The van der Waals surface area contributed by atoms with E-state index in [1.54, 1.807) is 0 Å². The predicted molar refractivity (Wildman–Crippen MR) is 69.0 cm³/mol. The van der Waals surface area contributed by atoms with Crippen molar-refractivity contribution in [2.24, 2.45) is 11.5 Å². The lowest BCUT2D eigenvalue weighted by molar-refractivity contribution is -0.0469. The zero-order valence-electron chi connectivity index (χ0n) is 11.2. The van der Waals surface area contributed by atoms with Gasteiger partial charge >= 0.3 is 0 Å². The maximum absolute atomic E-state index is 5.51. The van der Waals surface area contributed by atoms with Crippen LogP contribution in [0.5, 0.6) is 0 Å². The van der Waals surface area contributed by atoms with Gasteiger partial charge in [0.2, 0.25) is 0 Å². The summed E-state index contributed by atoms with van der Waals surface area (Å²) < 4.78 is 16.5. The molecule has 17 heavy (non-hydrogen) atoms. The molecule has 0 radical (unpaired) electrons. The summed E-state index contributed by atoms with van der Waals surface area (Å²) in [5.41, 5.74) is 10.8. The summed E-state index contributed by atoms with van der Waals surface area (Å²) in [7, 11) is 0. The van der Waals surface area contributed by atoms with Crippen molar-refractivity contribution in [2.45, 2.75) is 38.9 Å². The highest BCUT2D eigenvalue weighted by molar-refractivity contribution is 4.52. The van der Waals surface area contributed by atoms with Crippen molar-refractivity contribution in [3.05, 3.63) is 0 Å². The second kappa shape index (κ2) is 12.3. The van der Waals surface area contributed by atoms with Crippen LogP contribution in [0.3, 0.4) is 0 Å². The van der Waals surface area contributed by atoms with Gasteiger partial charge in [-0.2, -0.15) is 0 Å². The first-order chi connectivity index (χ1) is 8.20. The average Bonchev–Trinajstić information content (AvgIpc) is 2.30. The van der Waals surface area contributed by atoms with E-state index in [0.717, 1.165) is 12.8 Å². The topological polar surface area (TPSA) is 79.7 Å². The highest BCUT2D eigenvalue weighted by Gasteiger charge is 2.05. The summed E-state index contributed by atoms with van der Waals surface area (Å²) in [6, 6.07) is 0. The summed E-state index contributed by atoms with van der Waals surface area (Å²) in [6.07, 6.45) is 2.00. The van der Waals surface area contributed by atoms with Crippen LogP contribution in [0.1, 0.15) is 26.7 Å². The lowest BCUT2D eigenvalue weighted by atomic mass is 10.4. The summed E-state index contributed by atoms with van der Waals surface area (Å²) in [5.74, 6) is 0. The van der Waals surface area contributed by atoms with Gasteiger partial charge in [-0.05, 0) is 39.8 Å². The largest absolute Gasteiger partial charge is 0.376 e. The molecule has 0 fully saturated rings. The van der Waals surface area contributed by atoms with Crippen molar-refractivity contribution in [2.75, 3.05) is 39.5 Å². The molecule has 0 aliphatic heterocycles. The van der Waals surface area contributed by atoms with E-state index in [0.29, 0.717) is 39.5 Å². The van der Waals surface area contributed by atoms with Gasteiger partial charge in [0.15, 0.2) is 0 Å². The summed E-state index contributed by atoms with van der Waals surface area (Å²) in [4.78, 5) is 0. The minimum absolute atomic E-state index is 0.109. The number of rotatable bonds is 12. The molecule has 2 unspecified atom stereocenters. The zero-order valence-corrected chi connectivity index (χ0v) is 11.2. The average molecular weight is 248 g/mol. The van der Waals surface area contributed by atoms with Crippen LogP contribution < -0.4 is 11.5 Å². The Morgan fingerprint density at radius 1 is 0.824 bits per heavy atom. The number of hydrogen-bond donors (Lipinski definition) is 2. The molecule has 0 spiro atoms. The Morgan fingerprint density at radius 2 is 1.24 bits per heavy atom. The minimum Gasteiger partial charge on any atom is -0.376 e. The van der Waals surface area contributed by atoms with Crippen LogP contribution in [0.15, 0.2) is 0 Å². The lowest BCUT2D eigenvalue weighted by Crippen LogP contribution is -2.23. The van der Waals surface area contributed by atoms with E-state index < -0.39 is 0 Å². The van der Waals surface area contributed by atoms with E-state index in [1.165, 1.54) is 0 Å². The number of nitrogens with two attached hydrogens (primary N) is 2. The molecule has 4 N–H and O–H groups in total. The first kappa shape index (κ1) is 16.8. The van der Waals surface area contributed by atoms with Gasteiger partial charge in [-0.15, -0.1) is 0 Å². The molecule has 5 nitrogen and oxygen atoms in total. The molecule has 0 saturated heterocycles. The predicted octanol–water partition coefficient (Wildman–Crippen LogP) is 0.511. The van der Waals surface area contributed by atoms with Gasteiger partial charge in [0.05, 0.1) is 25.4 Å². The highest BCUT2D eigenvalue weighted by Crippen LogP contribution is 1.97. The fourth-order valence-electron chi connectivity index (χ4n) is 1.23. The van der Waals surface area contributed by atoms with Crippen LogP contribution >= 0.6 is 0 Å². The van der Waals surface area contributed by atoms with Crippen LogP contribution in [-0.2, 0) is 14.2 Å². The smallest absolute Gasteiger partial charge is 0.0780 e. The number of ether oxygens (including phenoxy) is 3. The molecule has 2 atom stereocenters. The van der Waals surface area contributed by atoms with Crippen molar-refractivity contribution in [1.29, 1.82) is 0 Å². The molecule has 0 bridgehead atoms. The molecule has 0 aliphatic carbocycles. The third-order valence-corrected chi connectivity index (χ3v) is 2.21. The second-order valence-electron chi connectivity index (χ2n) is 4.18. The molecule has 0 heterocycles. The molecule has 5 heteroatoms. The highest BCUT2D eigenvalue weighted by atomic mass is 16.6. The maximum Gasteiger partial charge on any atom is 0.0780 e. The Balaban J connectivity index is 3.29. The quantitative estimate of drug-likeness (QED) is 0.492. The third-order valence-electron chi connectivity index (χ3n) is 2.21. The van der Waals surface area contributed by atoms with Gasteiger partial charge in [0.25, 0.3) is 0 Å². The van der Waals surface area contributed by atoms with Crippen LogP contribution in [0.2, 0.25) is 0 Å². The van der Waals surface area contributed by atoms with Crippen molar-refractivity contribution >= 4 is 0 Å². The normalized spacial score (nSPS) is 14.8. The summed E-state index contributed by atoms with van der Waals surface area (Å²) in [5, 5.41) is 0. The number of hydrogen-bond acceptors (Lipinski definition) is 5. The van der Waals surface area contributed by atoms with E-state index >= 15 is 0 Å². The van der Waals surface area contributed by atoms with Crippen molar-refractivity contribution in [1.82, 2.24) is 0 Å².